The highest BCUT2D eigenvalue weighted by atomic mass is 19.2. The molecule has 0 bridgehead atoms. The summed E-state index contributed by atoms with van der Waals surface area (Å²) in [6.07, 6.45) is 9.05. The largest absolute Gasteiger partial charge is 0.497 e. The summed E-state index contributed by atoms with van der Waals surface area (Å²) in [7, 11) is 3.14. The van der Waals surface area contributed by atoms with E-state index < -0.39 is 46.6 Å². The standard InChI is InChI=1S/C52H51F3N10O7/c1-61-43-21-32(7-14-41(43)65(52(61)70)42-15-16-45(66)59-51(42)69)22-46(67)63-19-17-62(18-20-63)44-27-56-26-40(58-44)33-8-9-34-28-64(60-39(34)23-33)35-10-3-30(4-11-35)25-57-50(68)37-24-38(53)49(48(55)47(37)54)72-29-31-5-12-36(71-2)13-6-31/h5-9,12-14,21,23-24,26-28,30,35,42H,3-4,10-11,15-20,22,25,29H2,1-2H3,(H,57,68)(H,59,66,69). The number of ether oxygens (including phenoxy) is 2. The van der Waals surface area contributed by atoms with Crippen LogP contribution in [-0.4, -0.2) is 97.2 Å². The predicted molar refractivity (Wildman–Crippen MR) is 259 cm³/mol. The van der Waals surface area contributed by atoms with E-state index in [1.54, 1.807) is 55.8 Å². The number of carbonyl (C=O) groups excluding carboxylic acids is 4. The molecule has 1 saturated carbocycles. The summed E-state index contributed by atoms with van der Waals surface area (Å²) in [5, 5.41) is 10.9. The van der Waals surface area contributed by atoms with E-state index in [2.05, 4.69) is 20.5 Å². The maximum Gasteiger partial charge on any atom is 0.329 e. The highest BCUT2D eigenvalue weighted by molar-refractivity contribution is 6.00. The molecule has 10 rings (SSSR count). The minimum absolute atomic E-state index is 0.0458. The minimum atomic E-state index is -1.57. The number of benzene rings is 4. The van der Waals surface area contributed by atoms with Gasteiger partial charge in [0.2, 0.25) is 23.5 Å². The molecule has 7 aromatic rings. The Bertz CT molecular complexity index is 3300. The molecule has 4 aromatic carbocycles. The van der Waals surface area contributed by atoms with Crippen LogP contribution in [-0.2, 0) is 34.5 Å². The molecular weight excluding hydrogens is 934 g/mol. The van der Waals surface area contributed by atoms with Gasteiger partial charge in [0.15, 0.2) is 17.4 Å². The number of imide groups is 1. The van der Waals surface area contributed by atoms with Gasteiger partial charge in [-0.2, -0.15) is 9.49 Å². The molecule has 0 spiro atoms. The summed E-state index contributed by atoms with van der Waals surface area (Å²) in [5.74, 6) is -5.57. The van der Waals surface area contributed by atoms with Gasteiger partial charge in [-0.15, -0.1) is 0 Å². The Balaban J connectivity index is 0.707. The molecule has 0 radical (unpaired) electrons. The van der Waals surface area contributed by atoms with Gasteiger partial charge >= 0.3 is 5.69 Å². The number of anilines is 1. The van der Waals surface area contributed by atoms with E-state index in [1.807, 2.05) is 40.0 Å². The molecule has 5 heterocycles. The zero-order chi connectivity index (χ0) is 50.2. The number of hydrogen-bond acceptors (Lipinski definition) is 11. The van der Waals surface area contributed by atoms with Crippen molar-refractivity contribution in [3.8, 4) is 22.8 Å². The lowest BCUT2D eigenvalue weighted by molar-refractivity contribution is -0.136. The minimum Gasteiger partial charge on any atom is -0.497 e. The van der Waals surface area contributed by atoms with Crippen molar-refractivity contribution < 1.29 is 41.8 Å². The van der Waals surface area contributed by atoms with Crippen molar-refractivity contribution in [2.45, 2.75) is 63.6 Å². The van der Waals surface area contributed by atoms with Crippen molar-refractivity contribution in [3.63, 3.8) is 0 Å². The predicted octanol–water partition coefficient (Wildman–Crippen LogP) is 6.18. The highest BCUT2D eigenvalue weighted by Gasteiger charge is 2.32. The van der Waals surface area contributed by atoms with Gasteiger partial charge in [0.25, 0.3) is 5.91 Å². The summed E-state index contributed by atoms with van der Waals surface area (Å²) in [6.45, 7) is 2.08. The van der Waals surface area contributed by atoms with Gasteiger partial charge in [-0.3, -0.25) is 43.3 Å². The molecule has 2 N–H and O–H groups in total. The van der Waals surface area contributed by atoms with Gasteiger partial charge in [-0.1, -0.05) is 30.3 Å². The van der Waals surface area contributed by atoms with Crippen LogP contribution in [0.1, 0.15) is 72.1 Å². The fraction of sp³-hybridized carbons (Fsp3) is 0.346. The molecule has 17 nitrogen and oxygen atoms in total. The molecule has 1 unspecified atom stereocenters. The number of imidazole rings is 1. The van der Waals surface area contributed by atoms with Crippen LogP contribution in [0.2, 0.25) is 0 Å². The maximum atomic E-state index is 15.1. The smallest absolute Gasteiger partial charge is 0.329 e. The fourth-order valence-electron chi connectivity index (χ4n) is 9.95. The first-order valence-corrected chi connectivity index (χ1v) is 23.9. The number of rotatable bonds is 13. The van der Waals surface area contributed by atoms with E-state index in [1.165, 1.54) is 16.2 Å². The molecule has 3 fully saturated rings. The third-order valence-electron chi connectivity index (χ3n) is 14.1. The number of piperidine rings is 1. The number of amides is 4. The molecule has 3 aromatic heterocycles. The van der Waals surface area contributed by atoms with Crippen molar-refractivity contribution in [1.82, 2.24) is 44.4 Å². The van der Waals surface area contributed by atoms with E-state index in [9.17, 15) is 32.8 Å². The number of aryl methyl sites for hydroxylation is 1. The summed E-state index contributed by atoms with van der Waals surface area (Å²) in [4.78, 5) is 77.4. The fourth-order valence-corrected chi connectivity index (χ4v) is 9.95. The van der Waals surface area contributed by atoms with E-state index in [0.717, 1.165) is 47.7 Å². The third-order valence-corrected chi connectivity index (χ3v) is 14.1. The van der Waals surface area contributed by atoms with Gasteiger partial charge in [0, 0.05) is 63.3 Å². The number of fused-ring (bicyclic) bond motifs is 2. The second-order valence-corrected chi connectivity index (χ2v) is 18.6. The van der Waals surface area contributed by atoms with E-state index >= 15 is 4.39 Å². The zero-order valence-electron chi connectivity index (χ0n) is 39.6. The molecule has 1 aliphatic carbocycles. The van der Waals surface area contributed by atoms with Crippen LogP contribution < -0.4 is 30.7 Å². The summed E-state index contributed by atoms with van der Waals surface area (Å²) >= 11 is 0. The van der Waals surface area contributed by atoms with Crippen LogP contribution in [0, 0.1) is 23.4 Å². The Morgan fingerprint density at radius 3 is 2.36 bits per heavy atom. The van der Waals surface area contributed by atoms with Crippen molar-refractivity contribution >= 4 is 51.4 Å². The van der Waals surface area contributed by atoms with Crippen LogP contribution >= 0.6 is 0 Å². The first-order chi connectivity index (χ1) is 34.8. The molecule has 3 aliphatic rings. The SMILES string of the molecule is COc1ccc(COc2c(F)cc(C(=O)NCC3CCC(n4cc5ccc(-c6cncc(N7CCN(C(=O)Cc8ccc9c(c8)n(C)c(=O)n9C8CCC(=O)NC8=O)CC7)n6)cc5n4)CC3)c(F)c2F)cc1. The normalized spacial score (nSPS) is 18.4. The van der Waals surface area contributed by atoms with Gasteiger partial charge in [0.05, 0.1) is 59.8 Å². The third kappa shape index (κ3) is 9.59. The Labute approximate surface area is 410 Å². The lowest BCUT2D eigenvalue weighted by Crippen LogP contribution is -2.49. The van der Waals surface area contributed by atoms with Crippen molar-refractivity contribution in [1.29, 1.82) is 0 Å². The average molecular weight is 985 g/mol. The molecule has 72 heavy (non-hydrogen) atoms. The number of hydrogen-bond donors (Lipinski definition) is 2. The number of nitrogens with zero attached hydrogens (tertiary/aromatic N) is 8. The monoisotopic (exact) mass is 984 g/mol. The lowest BCUT2D eigenvalue weighted by Gasteiger charge is -2.35. The zero-order valence-corrected chi connectivity index (χ0v) is 39.6. The summed E-state index contributed by atoms with van der Waals surface area (Å²) < 4.78 is 60.2. The molecule has 20 heteroatoms. The first-order valence-electron chi connectivity index (χ1n) is 23.9. The number of halogens is 3. The van der Waals surface area contributed by atoms with Crippen LogP contribution in [0.15, 0.2) is 90.1 Å². The highest BCUT2D eigenvalue weighted by Crippen LogP contribution is 2.34. The van der Waals surface area contributed by atoms with E-state index in [-0.39, 0.29) is 61.9 Å². The summed E-state index contributed by atoms with van der Waals surface area (Å²) in [5.41, 5.74) is 3.73. The van der Waals surface area contributed by atoms with Crippen molar-refractivity contribution in [3.05, 3.63) is 130 Å². The molecule has 2 saturated heterocycles. The number of carbonyl (C=O) groups is 4. The quantitative estimate of drug-likeness (QED) is 0.0993. The van der Waals surface area contributed by atoms with Crippen LogP contribution in [0.25, 0.3) is 33.2 Å². The van der Waals surface area contributed by atoms with Crippen LogP contribution in [0.5, 0.6) is 11.5 Å². The average Bonchev–Trinajstić information content (AvgIpc) is 3.94. The molecule has 4 amide bonds. The molecule has 2 aliphatic heterocycles. The Kier molecular flexibility index (Phi) is 13.2. The topological polar surface area (TPSA) is 188 Å². The number of nitrogens with one attached hydrogen (secondary N) is 2. The lowest BCUT2D eigenvalue weighted by atomic mass is 9.86. The van der Waals surface area contributed by atoms with Crippen molar-refractivity contribution in [2.24, 2.45) is 13.0 Å². The second kappa shape index (κ2) is 20.0. The van der Waals surface area contributed by atoms with E-state index in [0.29, 0.717) is 66.1 Å². The van der Waals surface area contributed by atoms with Gasteiger partial charge < -0.3 is 24.6 Å². The van der Waals surface area contributed by atoms with Crippen LogP contribution in [0.3, 0.4) is 0 Å². The Hall–Kier alpha value is -8.03. The molecule has 1 atom stereocenters. The Morgan fingerprint density at radius 1 is 0.847 bits per heavy atom. The van der Waals surface area contributed by atoms with Gasteiger partial charge in [-0.25, -0.2) is 18.6 Å². The van der Waals surface area contributed by atoms with Gasteiger partial charge in [0.1, 0.15) is 24.2 Å². The number of piperazine rings is 1. The molecule has 372 valence electrons. The second-order valence-electron chi connectivity index (χ2n) is 18.6. The van der Waals surface area contributed by atoms with Crippen molar-refractivity contribution in [2.75, 3.05) is 44.7 Å². The Morgan fingerprint density at radius 2 is 1.61 bits per heavy atom. The molecular formula is C52H51F3N10O7. The van der Waals surface area contributed by atoms with E-state index in [4.69, 9.17) is 19.6 Å². The van der Waals surface area contributed by atoms with Gasteiger partial charge in [-0.05, 0) is 85.5 Å². The van der Waals surface area contributed by atoms with Crippen LogP contribution in [0.4, 0.5) is 19.0 Å². The number of aromatic nitrogens is 6. The first kappa shape index (κ1) is 47.6. The number of methoxy groups -OCH3 is 1. The summed E-state index contributed by atoms with van der Waals surface area (Å²) in [6, 6.07) is 18.0. The maximum absolute atomic E-state index is 15.1.